The van der Waals surface area contributed by atoms with Gasteiger partial charge >= 0.3 is 11.9 Å². The number of esters is 2. The van der Waals surface area contributed by atoms with E-state index in [1.165, 1.54) is 18.4 Å². The molecule has 0 fully saturated rings. The maximum absolute atomic E-state index is 11.5. The molecule has 0 bridgehead atoms. The first-order chi connectivity index (χ1) is 18.4. The first kappa shape index (κ1) is 36.0. The van der Waals surface area contributed by atoms with Gasteiger partial charge in [0.05, 0.1) is 0 Å². The van der Waals surface area contributed by atoms with Crippen LogP contribution in [0.1, 0.15) is 109 Å². The maximum atomic E-state index is 11.5. The Hall–Kier alpha value is -2.99. The number of nitrogens with two attached hydrogens (primary N) is 1. The smallest absolute Gasteiger partial charge is 0.306 e. The van der Waals surface area contributed by atoms with Gasteiger partial charge in [-0.25, -0.2) is 0 Å². The molecular weight excluding hydrogens is 490 g/mol. The summed E-state index contributed by atoms with van der Waals surface area (Å²) >= 11 is 0. The molecule has 0 aliphatic carbocycles. The van der Waals surface area contributed by atoms with E-state index in [-0.39, 0.29) is 23.1 Å². The summed E-state index contributed by atoms with van der Waals surface area (Å²) in [7, 11) is 0. The minimum atomic E-state index is -0.361. The van der Waals surface area contributed by atoms with Gasteiger partial charge in [0.1, 0.15) is 17.5 Å². The minimum absolute atomic E-state index is 0.0736. The Morgan fingerprint density at radius 2 is 1.10 bits per heavy atom. The van der Waals surface area contributed by atoms with Gasteiger partial charge < -0.3 is 15.2 Å². The topological polar surface area (TPSA) is 95.7 Å². The summed E-state index contributed by atoms with van der Waals surface area (Å²) in [6.07, 6.45) is 9.11. The molecule has 2 N–H and O–H groups in total. The third-order valence-electron chi connectivity index (χ3n) is 5.05. The molecule has 6 nitrogen and oxygen atoms in total. The van der Waals surface area contributed by atoms with Crippen LogP contribution in [0.2, 0.25) is 0 Å². The Labute approximate surface area is 236 Å². The van der Waals surface area contributed by atoms with Crippen LogP contribution >= 0.6 is 0 Å². The molecular formula is C33H51NO5. The van der Waals surface area contributed by atoms with Crippen molar-refractivity contribution in [1.29, 1.82) is 0 Å². The van der Waals surface area contributed by atoms with E-state index in [1.807, 2.05) is 65.8 Å². The third-order valence-corrected chi connectivity index (χ3v) is 5.05. The van der Waals surface area contributed by atoms with Gasteiger partial charge in [0, 0.05) is 18.4 Å². The van der Waals surface area contributed by atoms with Crippen molar-refractivity contribution in [1.82, 2.24) is 0 Å². The molecule has 39 heavy (non-hydrogen) atoms. The normalized spacial score (nSPS) is 10.7. The highest BCUT2D eigenvalue weighted by Gasteiger charge is 2.16. The molecule has 0 spiro atoms. The van der Waals surface area contributed by atoms with Crippen LogP contribution in [-0.4, -0.2) is 36.0 Å². The molecule has 0 atom stereocenters. The number of carbonyl (C=O) groups excluding carboxylic acids is 3. The highest BCUT2D eigenvalue weighted by molar-refractivity contribution is 5.74. The van der Waals surface area contributed by atoms with Crippen LogP contribution in [0.3, 0.4) is 0 Å². The predicted molar refractivity (Wildman–Crippen MR) is 160 cm³/mol. The second-order valence-corrected chi connectivity index (χ2v) is 11.3. The summed E-state index contributed by atoms with van der Waals surface area (Å²) in [6, 6.07) is 19.6. The van der Waals surface area contributed by atoms with E-state index in [0.717, 1.165) is 44.0 Å². The largest absolute Gasteiger partial charge is 0.460 e. The van der Waals surface area contributed by atoms with Crippen molar-refractivity contribution in [2.75, 3.05) is 6.54 Å². The lowest BCUT2D eigenvalue weighted by Gasteiger charge is -2.19. The SMILES string of the molecule is CC(C)(C)OC(=O)CCCCCCc1ccccc1.CC(C)(C)OC(=O)CCCCN.O=Cc1ccccc1. The summed E-state index contributed by atoms with van der Waals surface area (Å²) in [6.45, 7) is 12.0. The van der Waals surface area contributed by atoms with Crippen LogP contribution in [-0.2, 0) is 25.5 Å². The Morgan fingerprint density at radius 3 is 1.51 bits per heavy atom. The van der Waals surface area contributed by atoms with Crippen LogP contribution in [0, 0.1) is 0 Å². The Bertz CT molecular complexity index is 899. The number of unbranched alkanes of at least 4 members (excludes halogenated alkanes) is 4. The van der Waals surface area contributed by atoms with Gasteiger partial charge in [-0.15, -0.1) is 0 Å². The molecule has 0 aromatic heterocycles. The number of hydrogen-bond acceptors (Lipinski definition) is 6. The van der Waals surface area contributed by atoms with Crippen molar-refractivity contribution in [3.8, 4) is 0 Å². The maximum Gasteiger partial charge on any atom is 0.306 e. The van der Waals surface area contributed by atoms with Crippen molar-refractivity contribution >= 4 is 18.2 Å². The molecule has 0 unspecified atom stereocenters. The third kappa shape index (κ3) is 25.1. The van der Waals surface area contributed by atoms with Crippen molar-refractivity contribution in [3.05, 3.63) is 71.8 Å². The molecule has 0 aliphatic heterocycles. The molecule has 2 aromatic rings. The molecule has 0 saturated carbocycles. The number of hydrogen-bond donors (Lipinski definition) is 1. The summed E-state index contributed by atoms with van der Waals surface area (Å²) in [5.74, 6) is -0.202. The molecule has 0 amide bonds. The Balaban J connectivity index is 0.000000614. The van der Waals surface area contributed by atoms with Crippen LogP contribution in [0.4, 0.5) is 0 Å². The summed E-state index contributed by atoms with van der Waals surface area (Å²) < 4.78 is 10.4. The fourth-order valence-corrected chi connectivity index (χ4v) is 3.33. The second-order valence-electron chi connectivity index (χ2n) is 11.3. The highest BCUT2D eigenvalue weighted by atomic mass is 16.6. The van der Waals surface area contributed by atoms with E-state index in [9.17, 15) is 14.4 Å². The van der Waals surface area contributed by atoms with Gasteiger partial charge in [0.15, 0.2) is 0 Å². The summed E-state index contributed by atoms with van der Waals surface area (Å²) in [5, 5.41) is 0. The fraction of sp³-hybridized carbons (Fsp3) is 0.545. The van der Waals surface area contributed by atoms with E-state index in [4.69, 9.17) is 15.2 Å². The van der Waals surface area contributed by atoms with Gasteiger partial charge in [-0.1, -0.05) is 73.5 Å². The monoisotopic (exact) mass is 541 g/mol. The van der Waals surface area contributed by atoms with E-state index in [0.29, 0.717) is 19.4 Å². The van der Waals surface area contributed by atoms with Crippen molar-refractivity contribution < 1.29 is 23.9 Å². The second kappa shape index (κ2) is 20.9. The number of aryl methyl sites for hydroxylation is 1. The molecule has 2 rings (SSSR count). The van der Waals surface area contributed by atoms with E-state index >= 15 is 0 Å². The number of aldehydes is 1. The van der Waals surface area contributed by atoms with Crippen LogP contribution in [0.15, 0.2) is 60.7 Å². The summed E-state index contributed by atoms with van der Waals surface area (Å²) in [4.78, 5) is 32.6. The quantitative estimate of drug-likeness (QED) is 0.170. The molecule has 6 heteroatoms. The van der Waals surface area contributed by atoms with Crippen molar-refractivity contribution in [3.63, 3.8) is 0 Å². The first-order valence-corrected chi connectivity index (χ1v) is 14.0. The Kier molecular flexibility index (Phi) is 19.3. The lowest BCUT2D eigenvalue weighted by atomic mass is 10.1. The highest BCUT2D eigenvalue weighted by Crippen LogP contribution is 2.12. The molecule has 0 saturated heterocycles. The van der Waals surface area contributed by atoms with Crippen molar-refractivity contribution in [2.45, 2.75) is 111 Å². The number of benzene rings is 2. The minimum Gasteiger partial charge on any atom is -0.460 e. The standard InChI is InChI=1S/C17H26O2.C9H19NO2.C7H6O/c1-17(2,3)19-16(18)14-10-5-4-7-11-15-12-8-6-9-13-15;1-9(2,3)12-8(11)6-4-5-7-10;8-6-7-4-2-1-3-5-7/h6,8-9,12-13H,4-5,7,10-11,14H2,1-3H3;4-7,10H2,1-3H3;1-6H. The van der Waals surface area contributed by atoms with Crippen molar-refractivity contribution in [2.24, 2.45) is 5.73 Å². The average Bonchev–Trinajstić information content (AvgIpc) is 2.86. The molecule has 2 aromatic carbocycles. The van der Waals surface area contributed by atoms with E-state index in [2.05, 4.69) is 24.3 Å². The van der Waals surface area contributed by atoms with E-state index in [1.54, 1.807) is 12.1 Å². The van der Waals surface area contributed by atoms with Crippen LogP contribution in [0.25, 0.3) is 0 Å². The van der Waals surface area contributed by atoms with Gasteiger partial charge in [-0.05, 0) is 85.8 Å². The van der Waals surface area contributed by atoms with Gasteiger partial charge in [0.2, 0.25) is 0 Å². The average molecular weight is 542 g/mol. The lowest BCUT2D eigenvalue weighted by molar-refractivity contribution is -0.156. The van der Waals surface area contributed by atoms with Gasteiger partial charge in [0.25, 0.3) is 0 Å². The zero-order chi connectivity index (χ0) is 29.6. The van der Waals surface area contributed by atoms with Crippen LogP contribution < -0.4 is 5.73 Å². The summed E-state index contributed by atoms with van der Waals surface area (Å²) in [5.41, 5.74) is 6.70. The molecule has 0 heterocycles. The zero-order valence-electron chi connectivity index (χ0n) is 25.0. The molecule has 0 radical (unpaired) electrons. The number of rotatable bonds is 12. The first-order valence-electron chi connectivity index (χ1n) is 14.0. The molecule has 218 valence electrons. The van der Waals surface area contributed by atoms with Gasteiger partial charge in [-0.3, -0.25) is 14.4 Å². The van der Waals surface area contributed by atoms with Gasteiger partial charge in [-0.2, -0.15) is 0 Å². The fourth-order valence-electron chi connectivity index (χ4n) is 3.33. The predicted octanol–water partition coefficient (Wildman–Crippen LogP) is 7.48. The number of ether oxygens (including phenoxy) is 2. The lowest BCUT2D eigenvalue weighted by Crippen LogP contribution is -2.23. The Morgan fingerprint density at radius 1 is 0.667 bits per heavy atom. The van der Waals surface area contributed by atoms with E-state index < -0.39 is 0 Å². The van der Waals surface area contributed by atoms with Crippen LogP contribution in [0.5, 0.6) is 0 Å². The molecule has 0 aliphatic rings. The number of carbonyl (C=O) groups is 3. The zero-order valence-corrected chi connectivity index (χ0v) is 25.0.